The highest BCUT2D eigenvalue weighted by atomic mass is 16.5. The van der Waals surface area contributed by atoms with Crippen LogP contribution in [0.4, 0.5) is 5.69 Å². The monoisotopic (exact) mass is 269 g/mol. The second-order valence-corrected chi connectivity index (χ2v) is 4.97. The van der Waals surface area contributed by atoms with Crippen LogP contribution in [0.2, 0.25) is 0 Å². The molecule has 0 aliphatic heterocycles. The van der Waals surface area contributed by atoms with E-state index in [9.17, 15) is 4.79 Å². The molecule has 2 unspecified atom stereocenters. The zero-order valence-corrected chi connectivity index (χ0v) is 11.1. The van der Waals surface area contributed by atoms with Gasteiger partial charge in [-0.1, -0.05) is 13.0 Å². The van der Waals surface area contributed by atoms with Crippen LogP contribution in [0, 0.1) is 11.8 Å². The van der Waals surface area contributed by atoms with Crippen LogP contribution in [-0.4, -0.2) is 15.9 Å². The van der Waals surface area contributed by atoms with Gasteiger partial charge in [-0.25, -0.2) is 9.97 Å². The number of aromatic nitrogens is 2. The van der Waals surface area contributed by atoms with Crippen LogP contribution < -0.4 is 10.1 Å². The van der Waals surface area contributed by atoms with E-state index < -0.39 is 0 Å². The molecule has 5 heteroatoms. The van der Waals surface area contributed by atoms with Gasteiger partial charge in [0.1, 0.15) is 5.75 Å². The molecule has 1 aliphatic carbocycles. The molecule has 0 spiro atoms. The predicted octanol–water partition coefficient (Wildman–Crippen LogP) is 2.86. The van der Waals surface area contributed by atoms with E-state index in [2.05, 4.69) is 22.2 Å². The summed E-state index contributed by atoms with van der Waals surface area (Å²) in [4.78, 5) is 19.9. The fraction of sp³-hybridized carbons (Fsp3) is 0.267. The van der Waals surface area contributed by atoms with E-state index in [4.69, 9.17) is 4.74 Å². The van der Waals surface area contributed by atoms with E-state index in [1.54, 1.807) is 30.6 Å². The van der Waals surface area contributed by atoms with Crippen molar-refractivity contribution in [3.8, 4) is 11.8 Å². The van der Waals surface area contributed by atoms with Crippen LogP contribution in [-0.2, 0) is 4.79 Å². The van der Waals surface area contributed by atoms with Crippen LogP contribution in [0.25, 0.3) is 0 Å². The molecule has 1 saturated carbocycles. The van der Waals surface area contributed by atoms with E-state index >= 15 is 0 Å². The molecule has 0 bridgehead atoms. The van der Waals surface area contributed by atoms with Gasteiger partial charge >= 0.3 is 6.01 Å². The average Bonchev–Trinajstić information content (AvgIpc) is 3.18. The number of nitrogens with one attached hydrogen (secondary N) is 1. The Bertz CT molecular complexity index is 616. The van der Waals surface area contributed by atoms with E-state index in [0.29, 0.717) is 11.7 Å². The number of hydrogen-bond acceptors (Lipinski definition) is 4. The number of hydrogen-bond donors (Lipinski definition) is 1. The summed E-state index contributed by atoms with van der Waals surface area (Å²) in [5.74, 6) is 1.31. The van der Waals surface area contributed by atoms with Crippen molar-refractivity contribution in [3.05, 3.63) is 42.7 Å². The quantitative estimate of drug-likeness (QED) is 0.927. The Labute approximate surface area is 117 Å². The van der Waals surface area contributed by atoms with Gasteiger partial charge in [0.2, 0.25) is 5.91 Å². The number of rotatable bonds is 4. The molecular formula is C15H15N3O2. The first-order chi connectivity index (χ1) is 9.72. The second-order valence-electron chi connectivity index (χ2n) is 4.97. The van der Waals surface area contributed by atoms with Crippen molar-refractivity contribution in [3.63, 3.8) is 0 Å². The lowest BCUT2D eigenvalue weighted by Crippen LogP contribution is -2.14. The van der Waals surface area contributed by atoms with Crippen molar-refractivity contribution in [2.24, 2.45) is 11.8 Å². The highest BCUT2D eigenvalue weighted by Gasteiger charge is 2.39. The molecule has 1 aromatic heterocycles. The fourth-order valence-corrected chi connectivity index (χ4v) is 2.00. The first-order valence-corrected chi connectivity index (χ1v) is 6.58. The summed E-state index contributed by atoms with van der Waals surface area (Å²) in [6.07, 6.45) is 4.20. The Morgan fingerprint density at radius 2 is 2.05 bits per heavy atom. The Balaban J connectivity index is 1.68. The molecule has 20 heavy (non-hydrogen) atoms. The highest BCUT2D eigenvalue weighted by molar-refractivity contribution is 5.94. The fourth-order valence-electron chi connectivity index (χ4n) is 2.00. The minimum atomic E-state index is 0.0746. The van der Waals surface area contributed by atoms with Gasteiger partial charge in [0.05, 0.1) is 0 Å². The van der Waals surface area contributed by atoms with Crippen molar-refractivity contribution < 1.29 is 9.53 Å². The van der Waals surface area contributed by atoms with Gasteiger partial charge < -0.3 is 10.1 Å². The number of ether oxygens (including phenoxy) is 1. The first kappa shape index (κ1) is 12.6. The average molecular weight is 269 g/mol. The number of nitrogens with zero attached hydrogens (tertiary/aromatic N) is 2. The van der Waals surface area contributed by atoms with E-state index in [-0.39, 0.29) is 17.8 Å². The largest absolute Gasteiger partial charge is 0.424 e. The number of anilines is 1. The number of carbonyl (C=O) groups excluding carboxylic acids is 1. The molecule has 102 valence electrons. The lowest BCUT2D eigenvalue weighted by molar-refractivity contribution is -0.117. The SMILES string of the molecule is CC1CC1C(=O)Nc1cccc(Oc2ncccn2)c1. The Morgan fingerprint density at radius 3 is 2.75 bits per heavy atom. The molecule has 1 heterocycles. The minimum Gasteiger partial charge on any atom is -0.424 e. The first-order valence-electron chi connectivity index (χ1n) is 6.58. The van der Waals surface area contributed by atoms with E-state index in [1.165, 1.54) is 0 Å². The van der Waals surface area contributed by atoms with E-state index in [0.717, 1.165) is 12.1 Å². The van der Waals surface area contributed by atoms with Crippen molar-refractivity contribution in [2.45, 2.75) is 13.3 Å². The molecule has 2 aromatic rings. The Kier molecular flexibility index (Phi) is 3.33. The van der Waals surface area contributed by atoms with Gasteiger partial charge in [-0.05, 0) is 30.5 Å². The standard InChI is InChI=1S/C15H15N3O2/c1-10-8-13(10)14(19)18-11-4-2-5-12(9-11)20-15-16-6-3-7-17-15/h2-7,9-10,13H,8H2,1H3,(H,18,19). The number of amides is 1. The lowest BCUT2D eigenvalue weighted by atomic mass is 10.2. The maximum atomic E-state index is 11.9. The Hall–Kier alpha value is -2.43. The Morgan fingerprint density at radius 1 is 1.30 bits per heavy atom. The summed E-state index contributed by atoms with van der Waals surface area (Å²) < 4.78 is 5.52. The lowest BCUT2D eigenvalue weighted by Gasteiger charge is -2.07. The van der Waals surface area contributed by atoms with Crippen LogP contribution in [0.3, 0.4) is 0 Å². The van der Waals surface area contributed by atoms with Crippen LogP contribution in [0.5, 0.6) is 11.8 Å². The molecule has 1 amide bonds. The van der Waals surface area contributed by atoms with Gasteiger partial charge in [-0.3, -0.25) is 4.79 Å². The summed E-state index contributed by atoms with van der Waals surface area (Å²) in [7, 11) is 0. The predicted molar refractivity (Wildman–Crippen MR) is 74.4 cm³/mol. The molecule has 0 saturated heterocycles. The normalized spacial score (nSPS) is 20.2. The minimum absolute atomic E-state index is 0.0746. The van der Waals surface area contributed by atoms with Gasteiger partial charge in [-0.2, -0.15) is 0 Å². The molecule has 1 aromatic carbocycles. The third-order valence-corrected chi connectivity index (χ3v) is 3.30. The van der Waals surface area contributed by atoms with Crippen LogP contribution in [0.15, 0.2) is 42.7 Å². The molecule has 1 N–H and O–H groups in total. The van der Waals surface area contributed by atoms with Crippen molar-refractivity contribution in [1.29, 1.82) is 0 Å². The van der Waals surface area contributed by atoms with Gasteiger partial charge in [-0.15, -0.1) is 0 Å². The molecule has 2 atom stereocenters. The molecule has 1 aliphatic rings. The van der Waals surface area contributed by atoms with Gasteiger partial charge in [0, 0.05) is 30.1 Å². The third-order valence-electron chi connectivity index (χ3n) is 3.30. The molecular weight excluding hydrogens is 254 g/mol. The summed E-state index contributed by atoms with van der Waals surface area (Å²) in [6, 6.07) is 9.23. The third kappa shape index (κ3) is 2.93. The van der Waals surface area contributed by atoms with Gasteiger partial charge in [0.15, 0.2) is 0 Å². The zero-order valence-electron chi connectivity index (χ0n) is 11.1. The summed E-state index contributed by atoms with van der Waals surface area (Å²) in [5, 5.41) is 2.90. The van der Waals surface area contributed by atoms with Gasteiger partial charge in [0.25, 0.3) is 0 Å². The summed E-state index contributed by atoms with van der Waals surface area (Å²) >= 11 is 0. The number of carbonyl (C=O) groups is 1. The number of benzene rings is 1. The van der Waals surface area contributed by atoms with Crippen molar-refractivity contribution >= 4 is 11.6 Å². The highest BCUT2D eigenvalue weighted by Crippen LogP contribution is 2.38. The molecule has 1 fully saturated rings. The van der Waals surface area contributed by atoms with Crippen LogP contribution in [0.1, 0.15) is 13.3 Å². The summed E-state index contributed by atoms with van der Waals surface area (Å²) in [6.45, 7) is 2.08. The van der Waals surface area contributed by atoms with Crippen molar-refractivity contribution in [1.82, 2.24) is 9.97 Å². The zero-order chi connectivity index (χ0) is 13.9. The molecule has 0 radical (unpaired) electrons. The maximum absolute atomic E-state index is 11.9. The van der Waals surface area contributed by atoms with E-state index in [1.807, 2.05) is 12.1 Å². The van der Waals surface area contributed by atoms with Crippen LogP contribution >= 0.6 is 0 Å². The second kappa shape index (κ2) is 5.28. The smallest absolute Gasteiger partial charge is 0.321 e. The topological polar surface area (TPSA) is 64.1 Å². The molecule has 3 rings (SSSR count). The maximum Gasteiger partial charge on any atom is 0.321 e. The van der Waals surface area contributed by atoms with Crippen molar-refractivity contribution in [2.75, 3.05) is 5.32 Å². The molecule has 5 nitrogen and oxygen atoms in total. The summed E-state index contributed by atoms with van der Waals surface area (Å²) in [5.41, 5.74) is 0.725.